The minimum absolute atomic E-state index is 0.359. The number of aliphatic hydroxyl groups excluding tert-OH is 3. The SMILES string of the molecule is CCCCCCCCCCCC/C=C/C(O)C(CO)NC(=O)C(O)CCCCCCCCCCCCCCCCCCCCCCCCCCCCCCCCCCCC. The van der Waals surface area contributed by atoms with Gasteiger partial charge in [0.2, 0.25) is 5.91 Å². The Morgan fingerprint density at radius 3 is 0.917 bits per heavy atom. The molecule has 5 heteroatoms. The zero-order valence-electron chi connectivity index (χ0n) is 40.9. The van der Waals surface area contributed by atoms with Gasteiger partial charge in [-0.15, -0.1) is 0 Å². The third kappa shape index (κ3) is 45.1. The van der Waals surface area contributed by atoms with Crippen molar-refractivity contribution in [2.75, 3.05) is 6.61 Å². The number of carbonyl (C=O) groups is 1. The third-order valence-corrected chi connectivity index (χ3v) is 13.1. The molecule has 0 aliphatic carbocycles. The molecule has 0 fully saturated rings. The van der Waals surface area contributed by atoms with Crippen LogP contribution in [0.4, 0.5) is 0 Å². The average Bonchev–Trinajstić information content (AvgIpc) is 3.25. The summed E-state index contributed by atoms with van der Waals surface area (Å²) < 4.78 is 0. The summed E-state index contributed by atoms with van der Waals surface area (Å²) in [6.45, 7) is 4.20. The van der Waals surface area contributed by atoms with Crippen LogP contribution in [0.3, 0.4) is 0 Å². The molecular formula is C55H109NO4. The van der Waals surface area contributed by atoms with Crippen LogP contribution in [0, 0.1) is 0 Å². The van der Waals surface area contributed by atoms with Gasteiger partial charge in [0.15, 0.2) is 0 Å². The molecule has 0 radical (unpaired) electrons. The molecule has 0 bridgehead atoms. The summed E-state index contributed by atoms with van der Waals surface area (Å²) in [7, 11) is 0. The molecule has 1 amide bonds. The number of carbonyl (C=O) groups excluding carboxylic acids is 1. The minimum atomic E-state index is -1.09. The Morgan fingerprint density at radius 2 is 0.650 bits per heavy atom. The predicted octanol–water partition coefficient (Wildman–Crippen LogP) is 16.7. The Labute approximate surface area is 376 Å². The molecule has 5 nitrogen and oxygen atoms in total. The van der Waals surface area contributed by atoms with Crippen molar-refractivity contribution in [1.29, 1.82) is 0 Å². The Balaban J connectivity index is 3.43. The average molecular weight is 848 g/mol. The number of allylic oxidation sites excluding steroid dienone is 1. The molecule has 0 saturated heterocycles. The molecule has 0 rings (SSSR count). The summed E-state index contributed by atoms with van der Waals surface area (Å²) in [6, 6.07) is -0.792. The van der Waals surface area contributed by atoms with E-state index in [1.165, 1.54) is 257 Å². The maximum absolute atomic E-state index is 12.5. The van der Waals surface area contributed by atoms with E-state index in [0.717, 1.165) is 32.1 Å². The van der Waals surface area contributed by atoms with Crippen LogP contribution in [0.1, 0.15) is 309 Å². The van der Waals surface area contributed by atoms with Crippen molar-refractivity contribution in [3.05, 3.63) is 12.2 Å². The molecule has 0 heterocycles. The van der Waals surface area contributed by atoms with Gasteiger partial charge in [0.25, 0.3) is 0 Å². The predicted molar refractivity (Wildman–Crippen MR) is 264 cm³/mol. The van der Waals surface area contributed by atoms with Gasteiger partial charge in [-0.25, -0.2) is 0 Å². The van der Waals surface area contributed by atoms with E-state index in [1.807, 2.05) is 6.08 Å². The van der Waals surface area contributed by atoms with Gasteiger partial charge in [-0.3, -0.25) is 4.79 Å². The molecule has 0 aliphatic heterocycles. The van der Waals surface area contributed by atoms with E-state index < -0.39 is 24.2 Å². The lowest BCUT2D eigenvalue weighted by Crippen LogP contribution is -2.48. The second-order valence-electron chi connectivity index (χ2n) is 19.2. The topological polar surface area (TPSA) is 89.8 Å². The minimum Gasteiger partial charge on any atom is -0.394 e. The second-order valence-corrected chi connectivity index (χ2v) is 19.2. The summed E-state index contributed by atoms with van der Waals surface area (Å²) in [5.41, 5.74) is 0. The Hall–Kier alpha value is -0.910. The van der Waals surface area contributed by atoms with Gasteiger partial charge >= 0.3 is 0 Å². The number of aliphatic hydroxyl groups is 3. The lowest BCUT2D eigenvalue weighted by molar-refractivity contribution is -0.131. The Kier molecular flexibility index (Phi) is 50.0. The molecule has 358 valence electrons. The van der Waals surface area contributed by atoms with Crippen LogP contribution in [-0.4, -0.2) is 46.1 Å². The summed E-state index contributed by atoms with van der Waals surface area (Å²) in [5.74, 6) is -0.498. The zero-order valence-corrected chi connectivity index (χ0v) is 40.9. The highest BCUT2D eigenvalue weighted by Gasteiger charge is 2.22. The number of amides is 1. The van der Waals surface area contributed by atoms with E-state index in [9.17, 15) is 20.1 Å². The largest absolute Gasteiger partial charge is 0.394 e. The monoisotopic (exact) mass is 848 g/mol. The number of nitrogens with one attached hydrogen (secondary N) is 1. The number of rotatable bonds is 51. The van der Waals surface area contributed by atoms with Crippen molar-refractivity contribution in [1.82, 2.24) is 5.32 Å². The van der Waals surface area contributed by atoms with Crippen molar-refractivity contribution in [3.8, 4) is 0 Å². The van der Waals surface area contributed by atoms with E-state index in [-0.39, 0.29) is 6.61 Å². The van der Waals surface area contributed by atoms with Crippen molar-refractivity contribution < 1.29 is 20.1 Å². The van der Waals surface area contributed by atoms with Crippen LogP contribution in [0.5, 0.6) is 0 Å². The summed E-state index contributed by atoms with van der Waals surface area (Å²) in [6.07, 6.45) is 63.1. The number of unbranched alkanes of at least 4 members (excludes halogenated alkanes) is 43. The highest BCUT2D eigenvalue weighted by Crippen LogP contribution is 2.18. The van der Waals surface area contributed by atoms with Crippen LogP contribution < -0.4 is 5.32 Å². The smallest absolute Gasteiger partial charge is 0.249 e. The summed E-state index contributed by atoms with van der Waals surface area (Å²) >= 11 is 0. The Morgan fingerprint density at radius 1 is 0.400 bits per heavy atom. The molecule has 0 spiro atoms. The van der Waals surface area contributed by atoms with Gasteiger partial charge in [0.05, 0.1) is 18.8 Å². The lowest BCUT2D eigenvalue weighted by atomic mass is 10.0. The first kappa shape index (κ1) is 59.1. The van der Waals surface area contributed by atoms with Crippen LogP contribution >= 0.6 is 0 Å². The summed E-state index contributed by atoms with van der Waals surface area (Å²) in [4.78, 5) is 12.5. The van der Waals surface area contributed by atoms with E-state index in [0.29, 0.717) is 6.42 Å². The quantitative estimate of drug-likeness (QED) is 0.0363. The van der Waals surface area contributed by atoms with E-state index >= 15 is 0 Å². The molecule has 0 aliphatic rings. The van der Waals surface area contributed by atoms with E-state index in [2.05, 4.69) is 19.2 Å². The van der Waals surface area contributed by atoms with Gasteiger partial charge in [-0.1, -0.05) is 302 Å². The highest BCUT2D eigenvalue weighted by molar-refractivity contribution is 5.80. The van der Waals surface area contributed by atoms with E-state index in [1.54, 1.807) is 6.08 Å². The standard InChI is InChI=1S/C55H109NO4/c1-3-5-7-9-11-13-15-17-18-19-20-21-22-23-24-25-26-27-28-29-30-31-32-33-34-35-36-37-38-40-42-44-46-48-50-54(59)55(60)56-52(51-57)53(58)49-47-45-43-41-39-16-14-12-10-8-6-4-2/h47,49,52-54,57-59H,3-46,48,50-51H2,1-2H3,(H,56,60)/b49-47+. The third-order valence-electron chi connectivity index (χ3n) is 13.1. The summed E-state index contributed by atoms with van der Waals surface area (Å²) in [5, 5.41) is 33.2. The number of hydrogen-bond acceptors (Lipinski definition) is 4. The van der Waals surface area contributed by atoms with Crippen LogP contribution in [-0.2, 0) is 4.79 Å². The fourth-order valence-corrected chi connectivity index (χ4v) is 8.84. The molecule has 3 unspecified atom stereocenters. The van der Waals surface area contributed by atoms with Gasteiger partial charge < -0.3 is 20.6 Å². The molecule has 60 heavy (non-hydrogen) atoms. The van der Waals surface area contributed by atoms with Gasteiger partial charge in [0.1, 0.15) is 6.10 Å². The van der Waals surface area contributed by atoms with Crippen LogP contribution in [0.2, 0.25) is 0 Å². The first-order valence-corrected chi connectivity index (χ1v) is 27.5. The van der Waals surface area contributed by atoms with Gasteiger partial charge in [-0.2, -0.15) is 0 Å². The maximum atomic E-state index is 12.5. The molecule has 4 N–H and O–H groups in total. The molecule has 0 aromatic heterocycles. The van der Waals surface area contributed by atoms with Gasteiger partial charge in [-0.05, 0) is 19.3 Å². The normalized spacial score (nSPS) is 13.3. The van der Waals surface area contributed by atoms with Crippen molar-refractivity contribution in [2.24, 2.45) is 0 Å². The van der Waals surface area contributed by atoms with Crippen molar-refractivity contribution in [3.63, 3.8) is 0 Å². The molecular weight excluding hydrogens is 739 g/mol. The first-order valence-electron chi connectivity index (χ1n) is 27.5. The highest BCUT2D eigenvalue weighted by atomic mass is 16.3. The van der Waals surface area contributed by atoms with Crippen molar-refractivity contribution >= 4 is 5.91 Å². The van der Waals surface area contributed by atoms with Crippen molar-refractivity contribution in [2.45, 2.75) is 327 Å². The fourth-order valence-electron chi connectivity index (χ4n) is 8.84. The molecule has 0 aromatic carbocycles. The molecule has 0 aromatic rings. The lowest BCUT2D eigenvalue weighted by Gasteiger charge is -2.21. The molecule has 3 atom stereocenters. The van der Waals surface area contributed by atoms with Crippen LogP contribution in [0.15, 0.2) is 12.2 Å². The fraction of sp³-hybridized carbons (Fsp3) is 0.945. The zero-order chi connectivity index (χ0) is 43.7. The Bertz CT molecular complexity index is 848. The molecule has 0 saturated carbocycles. The van der Waals surface area contributed by atoms with E-state index in [4.69, 9.17) is 0 Å². The second kappa shape index (κ2) is 50.7. The first-order chi connectivity index (χ1) is 29.6. The van der Waals surface area contributed by atoms with Gasteiger partial charge in [0, 0.05) is 0 Å². The maximum Gasteiger partial charge on any atom is 0.249 e. The van der Waals surface area contributed by atoms with Crippen LogP contribution in [0.25, 0.3) is 0 Å². The number of hydrogen-bond donors (Lipinski definition) is 4.